The number of nitrogen functional groups attached to an aromatic ring is 1. The Morgan fingerprint density at radius 2 is 1.38 bits per heavy atom. The molecule has 0 radical (unpaired) electrons. The first-order valence-electron chi connectivity index (χ1n) is 9.54. The lowest BCUT2D eigenvalue weighted by Crippen LogP contribution is -2.17. The molecule has 1 aromatic heterocycles. The van der Waals surface area contributed by atoms with E-state index in [-0.39, 0.29) is 22.2 Å². The van der Waals surface area contributed by atoms with Crippen LogP contribution in [0, 0.1) is 0 Å². The number of ether oxygens (including phenoxy) is 2. The topological polar surface area (TPSA) is 128 Å². The Balaban J connectivity index is 1.80. The quantitative estimate of drug-likeness (QED) is 0.362. The number of hydrogen-bond donors (Lipinski definition) is 3. The summed E-state index contributed by atoms with van der Waals surface area (Å²) in [5.74, 6) is 1.34. The van der Waals surface area contributed by atoms with Gasteiger partial charge >= 0.3 is 0 Å². The zero-order valence-corrected chi connectivity index (χ0v) is 18.2. The summed E-state index contributed by atoms with van der Waals surface area (Å²) in [6.45, 7) is 0. The second-order valence-electron chi connectivity index (χ2n) is 6.78. The molecule has 0 saturated heterocycles. The van der Waals surface area contributed by atoms with Gasteiger partial charge in [-0.15, -0.1) is 0 Å². The molecular weight excluding hydrogens is 430 g/mol. The van der Waals surface area contributed by atoms with Crippen LogP contribution in [0.2, 0.25) is 0 Å². The van der Waals surface area contributed by atoms with Gasteiger partial charge in [0, 0.05) is 23.9 Å². The molecule has 164 valence electrons. The highest BCUT2D eigenvalue weighted by Crippen LogP contribution is 2.31. The molecule has 0 saturated carbocycles. The summed E-state index contributed by atoms with van der Waals surface area (Å²) in [6, 6.07) is 18.5. The minimum atomic E-state index is -4.02. The number of hydrogen-bond acceptors (Lipinski definition) is 8. The van der Waals surface area contributed by atoms with Gasteiger partial charge in [0.25, 0.3) is 10.0 Å². The maximum absolute atomic E-state index is 13.0. The first-order chi connectivity index (χ1) is 15.4. The molecule has 1 heterocycles. The third kappa shape index (κ3) is 4.35. The summed E-state index contributed by atoms with van der Waals surface area (Å²) in [7, 11) is -0.940. The van der Waals surface area contributed by atoms with Crippen LogP contribution >= 0.6 is 0 Å². The van der Waals surface area contributed by atoms with E-state index in [0.29, 0.717) is 28.2 Å². The van der Waals surface area contributed by atoms with E-state index >= 15 is 0 Å². The number of methoxy groups -OCH3 is 2. The van der Waals surface area contributed by atoms with Crippen LogP contribution in [0.5, 0.6) is 11.5 Å². The zero-order valence-electron chi connectivity index (χ0n) is 17.4. The molecule has 32 heavy (non-hydrogen) atoms. The number of nitrogens with zero attached hydrogens (tertiary/aromatic N) is 2. The lowest BCUT2D eigenvalue weighted by molar-refractivity contribution is 0.395. The van der Waals surface area contributed by atoms with Gasteiger partial charge in [0.15, 0.2) is 11.6 Å². The first-order valence-corrected chi connectivity index (χ1v) is 11.0. The third-order valence-electron chi connectivity index (χ3n) is 4.62. The van der Waals surface area contributed by atoms with E-state index in [1.807, 2.05) is 6.07 Å². The summed E-state index contributed by atoms with van der Waals surface area (Å²) < 4.78 is 39.2. The molecule has 0 spiro atoms. The van der Waals surface area contributed by atoms with Crippen molar-refractivity contribution in [2.45, 2.75) is 4.90 Å². The number of benzene rings is 3. The van der Waals surface area contributed by atoms with E-state index in [4.69, 9.17) is 15.2 Å². The minimum absolute atomic E-state index is 0.0220. The normalized spacial score (nSPS) is 11.2. The number of nitrogens with two attached hydrogens (primary N) is 1. The van der Waals surface area contributed by atoms with Crippen molar-refractivity contribution in [3.8, 4) is 11.5 Å². The van der Waals surface area contributed by atoms with Crippen LogP contribution in [-0.4, -0.2) is 32.6 Å². The number of aromatic nitrogens is 2. The van der Waals surface area contributed by atoms with Crippen LogP contribution in [0.4, 0.5) is 23.0 Å². The molecule has 0 aliphatic carbocycles. The Morgan fingerprint density at radius 3 is 1.97 bits per heavy atom. The fraction of sp³-hybridized carbons (Fsp3) is 0.0909. The lowest BCUT2D eigenvalue weighted by atomic mass is 10.2. The van der Waals surface area contributed by atoms with Gasteiger partial charge < -0.3 is 20.5 Å². The van der Waals surface area contributed by atoms with Gasteiger partial charge in [-0.1, -0.05) is 24.3 Å². The maximum Gasteiger partial charge on any atom is 0.265 e. The molecular formula is C22H21N5O4S. The van der Waals surface area contributed by atoms with E-state index in [9.17, 15) is 8.42 Å². The van der Waals surface area contributed by atoms with E-state index < -0.39 is 10.0 Å². The predicted octanol–water partition coefficient (Wildman–Crippen LogP) is 3.77. The molecule has 4 aromatic rings. The number of para-hydroxylation sites is 3. The molecule has 4 N–H and O–H groups in total. The molecule has 0 fully saturated rings. The van der Waals surface area contributed by atoms with Gasteiger partial charge in [0.2, 0.25) is 0 Å². The predicted molar refractivity (Wildman–Crippen MR) is 124 cm³/mol. The average Bonchev–Trinajstić information content (AvgIpc) is 2.79. The fourth-order valence-corrected chi connectivity index (χ4v) is 4.23. The van der Waals surface area contributed by atoms with Crippen LogP contribution in [0.3, 0.4) is 0 Å². The minimum Gasteiger partial charge on any atom is -0.497 e. The monoisotopic (exact) mass is 451 g/mol. The van der Waals surface area contributed by atoms with Gasteiger partial charge in [-0.05, 0) is 24.3 Å². The molecule has 0 unspecified atom stereocenters. The summed E-state index contributed by atoms with van der Waals surface area (Å²) in [5, 5.41) is 3.11. The second kappa shape index (κ2) is 8.60. The van der Waals surface area contributed by atoms with Gasteiger partial charge in [-0.25, -0.2) is 18.4 Å². The zero-order chi connectivity index (χ0) is 22.7. The maximum atomic E-state index is 13.0. The highest BCUT2D eigenvalue weighted by atomic mass is 32.2. The smallest absolute Gasteiger partial charge is 0.265 e. The standard InChI is InChI=1S/C22H21N5O4S/c1-30-15-11-14(12-16(13-15)31-2)24-21-22(26-19-9-5-4-8-18(19)25-21)27-32(28,29)20-10-6-3-7-17(20)23/h3-13H,23H2,1-2H3,(H,24,25)(H,26,27). The van der Waals surface area contributed by atoms with Crippen LogP contribution < -0.4 is 25.2 Å². The van der Waals surface area contributed by atoms with Gasteiger partial charge in [0.05, 0.1) is 30.9 Å². The Labute approximate surface area is 185 Å². The van der Waals surface area contributed by atoms with Crippen LogP contribution in [0.25, 0.3) is 11.0 Å². The number of nitrogens with one attached hydrogen (secondary N) is 2. The molecule has 0 amide bonds. The number of sulfonamides is 1. The Hall–Kier alpha value is -4.05. The number of fused-ring (bicyclic) bond motifs is 1. The highest BCUT2D eigenvalue weighted by molar-refractivity contribution is 7.92. The van der Waals surface area contributed by atoms with Crippen molar-refractivity contribution in [2.75, 3.05) is 30.0 Å². The van der Waals surface area contributed by atoms with Gasteiger partial charge in [-0.3, -0.25) is 4.72 Å². The summed E-state index contributed by atoms with van der Waals surface area (Å²) in [4.78, 5) is 8.99. The van der Waals surface area contributed by atoms with Crippen molar-refractivity contribution >= 4 is 44.1 Å². The summed E-state index contributed by atoms with van der Waals surface area (Å²) in [5.41, 5.74) is 7.70. The molecule has 3 aromatic carbocycles. The lowest BCUT2D eigenvalue weighted by Gasteiger charge is -2.15. The van der Waals surface area contributed by atoms with Gasteiger partial charge in [0.1, 0.15) is 16.4 Å². The second-order valence-corrected chi connectivity index (χ2v) is 8.43. The fourth-order valence-electron chi connectivity index (χ4n) is 3.08. The van der Waals surface area contributed by atoms with E-state index in [2.05, 4.69) is 20.0 Å². The van der Waals surface area contributed by atoms with Gasteiger partial charge in [-0.2, -0.15) is 0 Å². The van der Waals surface area contributed by atoms with Crippen molar-refractivity contribution in [2.24, 2.45) is 0 Å². The van der Waals surface area contributed by atoms with Crippen LogP contribution in [-0.2, 0) is 10.0 Å². The third-order valence-corrected chi connectivity index (χ3v) is 6.04. The molecule has 0 aliphatic heterocycles. The molecule has 10 heteroatoms. The van der Waals surface area contributed by atoms with Crippen molar-refractivity contribution in [3.05, 3.63) is 66.7 Å². The summed E-state index contributed by atoms with van der Waals surface area (Å²) in [6.07, 6.45) is 0. The largest absolute Gasteiger partial charge is 0.497 e. The van der Waals surface area contributed by atoms with Crippen molar-refractivity contribution in [1.82, 2.24) is 9.97 Å². The highest BCUT2D eigenvalue weighted by Gasteiger charge is 2.21. The molecule has 0 aliphatic rings. The SMILES string of the molecule is COc1cc(Nc2nc3ccccc3nc2NS(=O)(=O)c2ccccc2N)cc(OC)c1. The van der Waals surface area contributed by atoms with E-state index in [0.717, 1.165) is 0 Å². The molecule has 4 rings (SSSR count). The number of anilines is 4. The number of rotatable bonds is 7. The first kappa shape index (κ1) is 21.2. The molecule has 0 atom stereocenters. The molecule has 0 bridgehead atoms. The van der Waals surface area contributed by atoms with Crippen molar-refractivity contribution < 1.29 is 17.9 Å². The van der Waals surface area contributed by atoms with Crippen molar-refractivity contribution in [3.63, 3.8) is 0 Å². The summed E-state index contributed by atoms with van der Waals surface area (Å²) >= 11 is 0. The Bertz CT molecular complexity index is 1370. The van der Waals surface area contributed by atoms with E-state index in [1.165, 1.54) is 26.4 Å². The Morgan fingerprint density at radius 1 is 0.812 bits per heavy atom. The van der Waals surface area contributed by atoms with Crippen LogP contribution in [0.15, 0.2) is 71.6 Å². The van der Waals surface area contributed by atoms with Crippen LogP contribution in [0.1, 0.15) is 0 Å². The van der Waals surface area contributed by atoms with Crippen molar-refractivity contribution in [1.29, 1.82) is 0 Å². The molecule has 9 nitrogen and oxygen atoms in total. The van der Waals surface area contributed by atoms with E-state index in [1.54, 1.807) is 48.5 Å². The Kier molecular flexibility index (Phi) is 5.69. The average molecular weight is 452 g/mol.